The van der Waals surface area contributed by atoms with E-state index in [2.05, 4.69) is 48.2 Å². The molecule has 4 rings (SSSR count). The quantitative estimate of drug-likeness (QED) is 0.419. The first-order valence-corrected chi connectivity index (χ1v) is 12.0. The van der Waals surface area contributed by atoms with E-state index < -0.39 is 0 Å². The van der Waals surface area contributed by atoms with Gasteiger partial charge in [-0.05, 0) is 37.3 Å². The molecular formula is C25H30ClN5O2. The lowest BCUT2D eigenvalue weighted by Gasteiger charge is -2.14. The van der Waals surface area contributed by atoms with Crippen molar-refractivity contribution in [3.05, 3.63) is 79.8 Å². The predicted octanol–water partition coefficient (Wildman–Crippen LogP) is 4.21. The van der Waals surface area contributed by atoms with Gasteiger partial charge in [0.25, 0.3) is 5.56 Å². The average molecular weight is 468 g/mol. The van der Waals surface area contributed by atoms with Crippen LogP contribution >= 0.6 is 11.6 Å². The fourth-order valence-electron chi connectivity index (χ4n) is 4.19. The van der Waals surface area contributed by atoms with Gasteiger partial charge in [-0.3, -0.25) is 18.6 Å². The third-order valence-corrected chi connectivity index (χ3v) is 6.24. The lowest BCUT2D eigenvalue weighted by molar-refractivity contribution is 0.513. The molecule has 0 unspecified atom stereocenters. The molecule has 0 atom stereocenters. The minimum absolute atomic E-state index is 0.267. The normalized spacial score (nSPS) is 12.8. The molecule has 0 radical (unpaired) electrons. The molecule has 2 aromatic heterocycles. The van der Waals surface area contributed by atoms with Gasteiger partial charge < -0.3 is 0 Å². The van der Waals surface area contributed by atoms with Crippen LogP contribution in [-0.4, -0.2) is 24.1 Å². The topological polar surface area (TPSA) is 74.2 Å². The van der Waals surface area contributed by atoms with Crippen LogP contribution in [-0.2, 0) is 32.5 Å². The smallest absolute Gasteiger partial charge is 0.278 e. The molecule has 0 saturated heterocycles. The summed E-state index contributed by atoms with van der Waals surface area (Å²) in [5, 5.41) is 4.82. The fraction of sp³-hybridized carbons (Fsp3) is 0.440. The van der Waals surface area contributed by atoms with Gasteiger partial charge in [0.15, 0.2) is 0 Å². The number of rotatable bonds is 10. The highest BCUT2D eigenvalue weighted by molar-refractivity contribution is 6.66. The Kier molecular flexibility index (Phi) is 7.28. The molecule has 3 aromatic rings. The Hall–Kier alpha value is -2.93. The number of fused-ring (bicyclic) bond motifs is 1. The van der Waals surface area contributed by atoms with Crippen molar-refractivity contribution in [2.75, 3.05) is 0 Å². The molecular weight excluding hydrogens is 438 g/mol. The Balaban J connectivity index is 1.45. The van der Waals surface area contributed by atoms with E-state index >= 15 is 0 Å². The lowest BCUT2D eigenvalue weighted by Crippen LogP contribution is -2.41. The highest BCUT2D eigenvalue weighted by Gasteiger charge is 2.24. The summed E-state index contributed by atoms with van der Waals surface area (Å²) in [4.78, 5) is 30.4. The maximum atomic E-state index is 13.1. The van der Waals surface area contributed by atoms with E-state index in [-0.39, 0.29) is 11.2 Å². The molecule has 1 aromatic carbocycles. The van der Waals surface area contributed by atoms with Gasteiger partial charge in [0.05, 0.1) is 18.3 Å². The maximum absolute atomic E-state index is 13.1. The highest BCUT2D eigenvalue weighted by Crippen LogP contribution is 2.24. The molecule has 174 valence electrons. The van der Waals surface area contributed by atoms with Crippen molar-refractivity contribution < 1.29 is 0 Å². The molecule has 1 aliphatic heterocycles. The first kappa shape index (κ1) is 23.2. The van der Waals surface area contributed by atoms with E-state index in [1.807, 2.05) is 17.1 Å². The molecule has 3 heterocycles. The van der Waals surface area contributed by atoms with Crippen molar-refractivity contribution in [3.63, 3.8) is 0 Å². The second-order valence-electron chi connectivity index (χ2n) is 8.70. The number of nitrogens with zero attached hydrogens (tertiary/aromatic N) is 5. The molecule has 1 aliphatic rings. The second kappa shape index (κ2) is 10.3. The zero-order valence-electron chi connectivity index (χ0n) is 19.3. The molecule has 7 nitrogen and oxygen atoms in total. The highest BCUT2D eigenvalue weighted by atomic mass is 35.5. The Morgan fingerprint density at radius 3 is 2.52 bits per heavy atom. The largest absolute Gasteiger partial charge is 0.332 e. The molecule has 0 spiro atoms. The number of aliphatic imine (C=N–C) groups is 1. The van der Waals surface area contributed by atoms with Crippen LogP contribution in [0.2, 0.25) is 0 Å². The van der Waals surface area contributed by atoms with Gasteiger partial charge in [0, 0.05) is 25.7 Å². The Morgan fingerprint density at radius 1 is 1.00 bits per heavy atom. The summed E-state index contributed by atoms with van der Waals surface area (Å²) in [6.07, 6.45) is 8.54. The Bertz CT molecular complexity index is 1270. The number of hydrogen-bond donors (Lipinski definition) is 0. The Labute approximate surface area is 198 Å². The van der Waals surface area contributed by atoms with Crippen molar-refractivity contribution in [1.82, 2.24) is 18.9 Å². The molecule has 8 heteroatoms. The fourth-order valence-corrected chi connectivity index (χ4v) is 4.40. The van der Waals surface area contributed by atoms with Crippen molar-refractivity contribution in [2.45, 2.75) is 72.0 Å². The average Bonchev–Trinajstić information content (AvgIpc) is 3.41. The lowest BCUT2D eigenvalue weighted by atomic mass is 10.1. The van der Waals surface area contributed by atoms with Gasteiger partial charge in [-0.2, -0.15) is 5.10 Å². The summed E-state index contributed by atoms with van der Waals surface area (Å²) in [5.74, 6) is 0.444. The van der Waals surface area contributed by atoms with E-state index in [0.717, 1.165) is 31.2 Å². The second-order valence-corrected chi connectivity index (χ2v) is 9.14. The Morgan fingerprint density at radius 2 is 1.76 bits per heavy atom. The van der Waals surface area contributed by atoms with Crippen LogP contribution in [0.3, 0.4) is 0 Å². The summed E-state index contributed by atoms with van der Waals surface area (Å²) in [6.45, 7) is 5.82. The summed E-state index contributed by atoms with van der Waals surface area (Å²) in [6, 6.07) is 8.42. The van der Waals surface area contributed by atoms with Gasteiger partial charge in [-0.1, -0.05) is 61.2 Å². The predicted molar refractivity (Wildman–Crippen MR) is 132 cm³/mol. The minimum atomic E-state index is -0.292. The molecule has 33 heavy (non-hydrogen) atoms. The summed E-state index contributed by atoms with van der Waals surface area (Å²) in [5.41, 5.74) is 3.49. The standard InChI is InChI=1S/C25H30ClN5O2/c1-3-4-5-12-30-23-21(14-22(26)28-23)24(32)31(25(30)33)13-6-7-20-15-27-29(17-20)16-19-10-8-18(2)9-11-19/h8-11,15,17H,3-7,12-14,16H2,1-2H3. The van der Waals surface area contributed by atoms with E-state index in [9.17, 15) is 9.59 Å². The molecule has 0 aliphatic carbocycles. The first-order chi connectivity index (χ1) is 16.0. The van der Waals surface area contributed by atoms with Gasteiger partial charge in [-0.25, -0.2) is 9.79 Å². The van der Waals surface area contributed by atoms with E-state index in [1.54, 1.807) is 4.57 Å². The molecule has 0 fully saturated rings. The van der Waals surface area contributed by atoms with Gasteiger partial charge in [-0.15, -0.1) is 0 Å². The summed E-state index contributed by atoms with van der Waals surface area (Å²) in [7, 11) is 0. The van der Waals surface area contributed by atoms with E-state index in [0.29, 0.717) is 49.0 Å². The monoisotopic (exact) mass is 467 g/mol. The van der Waals surface area contributed by atoms with Crippen molar-refractivity contribution in [2.24, 2.45) is 4.99 Å². The molecule has 0 bridgehead atoms. The number of unbranched alkanes of at least 4 members (excludes halogenated alkanes) is 2. The third-order valence-electron chi connectivity index (χ3n) is 6.02. The van der Waals surface area contributed by atoms with Crippen LogP contribution in [0.25, 0.3) is 0 Å². The van der Waals surface area contributed by atoms with Gasteiger partial charge in [0.1, 0.15) is 11.0 Å². The number of hydrogen-bond acceptors (Lipinski definition) is 4. The maximum Gasteiger partial charge on any atom is 0.332 e. The van der Waals surface area contributed by atoms with Crippen molar-refractivity contribution in [3.8, 4) is 0 Å². The zero-order chi connectivity index (χ0) is 23.4. The third kappa shape index (κ3) is 5.36. The van der Waals surface area contributed by atoms with Crippen LogP contribution in [0, 0.1) is 6.92 Å². The van der Waals surface area contributed by atoms with Crippen LogP contribution in [0.1, 0.15) is 54.9 Å². The number of halogens is 1. The SMILES string of the molecule is CCCCCn1c2c(c(=O)n(CCCc3cnn(Cc4ccc(C)cc4)c3)c1=O)CC(Cl)=N2. The van der Waals surface area contributed by atoms with Crippen LogP contribution < -0.4 is 11.2 Å². The molecule has 0 saturated carbocycles. The van der Waals surface area contributed by atoms with Crippen molar-refractivity contribution in [1.29, 1.82) is 0 Å². The summed E-state index contributed by atoms with van der Waals surface area (Å²) < 4.78 is 4.90. The van der Waals surface area contributed by atoms with Crippen LogP contribution in [0.15, 0.2) is 51.2 Å². The molecule has 0 amide bonds. The zero-order valence-corrected chi connectivity index (χ0v) is 20.0. The first-order valence-electron chi connectivity index (χ1n) is 11.6. The van der Waals surface area contributed by atoms with Gasteiger partial charge in [0.2, 0.25) is 0 Å². The van der Waals surface area contributed by atoms with E-state index in [4.69, 9.17) is 11.6 Å². The number of aryl methyl sites for hydroxylation is 2. The number of aromatic nitrogens is 4. The number of benzene rings is 1. The van der Waals surface area contributed by atoms with Crippen molar-refractivity contribution >= 4 is 22.6 Å². The minimum Gasteiger partial charge on any atom is -0.278 e. The summed E-state index contributed by atoms with van der Waals surface area (Å²) >= 11 is 6.12. The molecule has 0 N–H and O–H groups in total. The van der Waals surface area contributed by atoms with Gasteiger partial charge >= 0.3 is 5.69 Å². The van der Waals surface area contributed by atoms with Crippen LogP contribution in [0.5, 0.6) is 0 Å². The van der Waals surface area contributed by atoms with E-state index in [1.165, 1.54) is 15.7 Å². The van der Waals surface area contributed by atoms with Crippen LogP contribution in [0.4, 0.5) is 5.82 Å².